The number of benzene rings is 3. The van der Waals surface area contributed by atoms with Gasteiger partial charge in [-0.2, -0.15) is 0 Å². The van der Waals surface area contributed by atoms with E-state index in [1.54, 1.807) is 17.8 Å². The van der Waals surface area contributed by atoms with E-state index in [9.17, 15) is 56.0 Å². The Balaban J connectivity index is 1.45. The molecule has 3 aromatic rings. The first-order chi connectivity index (χ1) is 28.5. The monoisotopic (exact) mass is 863 g/mol. The number of likely N-dealkylation sites (N-methyl/N-ethyl adjacent to an activating group) is 3. The van der Waals surface area contributed by atoms with Crippen LogP contribution in [-0.2, 0) is 14.4 Å². The number of amides is 3. The van der Waals surface area contributed by atoms with Crippen LogP contribution in [0.4, 0.5) is 39.5 Å². The van der Waals surface area contributed by atoms with Gasteiger partial charge in [-0.15, -0.1) is 0 Å². The summed E-state index contributed by atoms with van der Waals surface area (Å²) < 4.78 is 153. The quantitative estimate of drug-likeness (QED) is 0.147. The highest BCUT2D eigenvalue weighted by molar-refractivity contribution is 6.39. The van der Waals surface area contributed by atoms with Crippen molar-refractivity contribution >= 4 is 25.0 Å². The first-order valence-corrected chi connectivity index (χ1v) is 17.6. The summed E-state index contributed by atoms with van der Waals surface area (Å²) in [5.74, 6) is -13.8. The summed E-state index contributed by atoms with van der Waals surface area (Å²) in [6.07, 6.45) is -1.00. The van der Waals surface area contributed by atoms with Gasteiger partial charge in [0.05, 0.1) is 0 Å². The van der Waals surface area contributed by atoms with Crippen molar-refractivity contribution in [3.8, 4) is 52.8 Å². The van der Waals surface area contributed by atoms with Crippen LogP contribution in [0.1, 0.15) is 36.0 Å². The average Bonchev–Trinajstić information content (AvgIpc) is 3.74. The maximum Gasteiger partial charge on any atom is 0.864 e. The van der Waals surface area contributed by atoms with Crippen molar-refractivity contribution in [1.29, 1.82) is 0 Å². The van der Waals surface area contributed by atoms with Crippen LogP contribution in [0.2, 0.25) is 0 Å². The number of carbonyl (C=O) groups is 3. The maximum atomic E-state index is 15.9. The number of hydrogen-bond donors (Lipinski definition) is 3. The molecule has 0 unspecified atom stereocenters. The Kier molecular flexibility index (Phi) is 11.7. The molecule has 12 nitrogen and oxygen atoms in total. The number of rotatable bonds is 6. The molecule has 3 saturated heterocycles. The van der Waals surface area contributed by atoms with E-state index in [-0.39, 0.29) is 57.1 Å². The highest BCUT2D eigenvalue weighted by Crippen LogP contribution is 2.33. The largest absolute Gasteiger partial charge is 0.864 e. The fourth-order valence-electron chi connectivity index (χ4n) is 6.12. The van der Waals surface area contributed by atoms with Crippen molar-refractivity contribution in [3.63, 3.8) is 0 Å². The van der Waals surface area contributed by atoms with Gasteiger partial charge in [-0.25, -0.2) is 39.5 Å². The third kappa shape index (κ3) is 8.19. The van der Waals surface area contributed by atoms with E-state index in [4.69, 9.17) is 14.0 Å². The summed E-state index contributed by atoms with van der Waals surface area (Å²) in [5, 5.41) is 31.8. The Bertz CT molecular complexity index is 2330. The van der Waals surface area contributed by atoms with Crippen LogP contribution in [0.25, 0.3) is 0 Å². The Morgan fingerprint density at radius 3 is 0.951 bits per heavy atom. The summed E-state index contributed by atoms with van der Waals surface area (Å²) >= 11 is 0. The maximum absolute atomic E-state index is 15.9. The summed E-state index contributed by atoms with van der Waals surface area (Å²) in [7, 11) is 0.819. The van der Waals surface area contributed by atoms with Gasteiger partial charge in [0, 0.05) is 78.2 Å². The third-order valence-electron chi connectivity index (χ3n) is 9.75. The van der Waals surface area contributed by atoms with Crippen LogP contribution in [0.5, 0.6) is 17.2 Å². The summed E-state index contributed by atoms with van der Waals surface area (Å²) in [4.78, 5) is 40.2. The molecule has 0 spiro atoms. The Labute approximate surface area is 339 Å². The van der Waals surface area contributed by atoms with Crippen LogP contribution in [0.3, 0.4) is 0 Å². The van der Waals surface area contributed by atoms with E-state index in [0.717, 1.165) is 14.7 Å². The standard InChI is InChI=1S/C39H27BF9N3O9/c1-50-13-10-37(56,34(50)53)7-4-19-28(44)22(41)16-25(31(19)47)59-40(60-26-17-23(42)29(45)20(32(26)48)5-8-38(57)11-14-51(2)35(38)54)61-27-18-24(43)30(46)21(33(27)49)6-9-39(58)12-15-52(3)36(39)55/h16-18,56-58H,10-15H2,1-3H3/t37-,38-,39-/m0/s1. The van der Waals surface area contributed by atoms with E-state index in [2.05, 4.69) is 0 Å². The van der Waals surface area contributed by atoms with Crippen LogP contribution >= 0.6 is 0 Å². The highest BCUT2D eigenvalue weighted by atomic mass is 19.2. The Morgan fingerprint density at radius 1 is 0.492 bits per heavy atom. The fraction of sp³-hybridized carbons (Fsp3) is 0.308. The predicted molar refractivity (Wildman–Crippen MR) is 189 cm³/mol. The molecule has 0 saturated carbocycles. The fourth-order valence-corrected chi connectivity index (χ4v) is 6.12. The van der Waals surface area contributed by atoms with Crippen LogP contribution in [0, 0.1) is 87.9 Å². The van der Waals surface area contributed by atoms with Crippen LogP contribution in [-0.4, -0.2) is 113 Å². The lowest BCUT2D eigenvalue weighted by atomic mass is 10.0. The van der Waals surface area contributed by atoms with Crippen molar-refractivity contribution in [2.75, 3.05) is 40.8 Å². The average molecular weight is 863 g/mol. The highest BCUT2D eigenvalue weighted by Gasteiger charge is 2.45. The number of nitrogens with zero attached hydrogens (tertiary/aromatic N) is 3. The molecule has 3 fully saturated rings. The van der Waals surface area contributed by atoms with Crippen molar-refractivity contribution in [3.05, 3.63) is 87.2 Å². The molecule has 3 aliphatic heterocycles. The first kappa shape index (κ1) is 44.0. The molecule has 3 amide bonds. The molecule has 22 heteroatoms. The normalized spacial score (nSPS) is 22.1. The third-order valence-corrected chi connectivity index (χ3v) is 9.75. The molecular formula is C39H27BF9N3O9. The first-order valence-electron chi connectivity index (χ1n) is 17.6. The Hall–Kier alpha value is -6.54. The molecule has 0 aliphatic carbocycles. The molecule has 0 aromatic heterocycles. The minimum atomic E-state index is -3.03. The zero-order valence-electron chi connectivity index (χ0n) is 31.6. The second-order valence-corrected chi connectivity index (χ2v) is 14.0. The van der Waals surface area contributed by atoms with Gasteiger partial charge in [-0.3, -0.25) is 14.4 Å². The SMILES string of the molecule is CN1CC[C@@](O)(C#Cc2c(F)c(F)cc(OB(Oc3cc(F)c(F)c(C#C[C@]4(O)CCN(C)C4=O)c3F)Oc3cc(F)c(F)c(C#C[C@]4(O)CCN(C)C4=O)c3F)c2F)C1=O. The van der Waals surface area contributed by atoms with Gasteiger partial charge in [0.1, 0.15) is 33.9 Å². The van der Waals surface area contributed by atoms with Gasteiger partial charge >= 0.3 is 7.32 Å². The van der Waals surface area contributed by atoms with Gasteiger partial charge < -0.3 is 44.0 Å². The second-order valence-electron chi connectivity index (χ2n) is 14.0. The molecule has 3 N–H and O–H groups in total. The van der Waals surface area contributed by atoms with Crippen LogP contribution in [0.15, 0.2) is 18.2 Å². The molecule has 3 heterocycles. The van der Waals surface area contributed by atoms with Crippen molar-refractivity contribution in [2.24, 2.45) is 0 Å². The minimum Gasteiger partial charge on any atom is -0.487 e. The van der Waals surface area contributed by atoms with Gasteiger partial charge in [-0.05, 0) is 0 Å². The molecular weight excluding hydrogens is 836 g/mol. The number of likely N-dealkylation sites (tertiary alicyclic amines) is 3. The smallest absolute Gasteiger partial charge is 0.487 e. The molecule has 6 rings (SSSR count). The zero-order valence-corrected chi connectivity index (χ0v) is 31.6. The Morgan fingerprint density at radius 2 is 0.738 bits per heavy atom. The van der Waals surface area contributed by atoms with E-state index < -0.39 is 128 Å². The van der Waals surface area contributed by atoms with Gasteiger partial charge in [0.15, 0.2) is 52.4 Å². The van der Waals surface area contributed by atoms with E-state index >= 15 is 13.2 Å². The number of halogens is 9. The predicted octanol–water partition coefficient (Wildman–Crippen LogP) is 2.29. The lowest BCUT2D eigenvalue weighted by Gasteiger charge is -2.19. The molecule has 0 radical (unpaired) electrons. The van der Waals surface area contributed by atoms with Crippen LogP contribution < -0.4 is 14.0 Å². The lowest BCUT2D eigenvalue weighted by Crippen LogP contribution is -2.38. The van der Waals surface area contributed by atoms with E-state index in [1.165, 1.54) is 21.1 Å². The second kappa shape index (κ2) is 16.1. The number of carbonyl (C=O) groups excluding carboxylic acids is 3. The molecule has 318 valence electrons. The van der Waals surface area contributed by atoms with Crippen molar-refractivity contribution in [2.45, 2.75) is 36.1 Å². The van der Waals surface area contributed by atoms with Gasteiger partial charge in [0.2, 0.25) is 16.8 Å². The number of hydrogen-bond acceptors (Lipinski definition) is 9. The lowest BCUT2D eigenvalue weighted by molar-refractivity contribution is -0.138. The summed E-state index contributed by atoms with van der Waals surface area (Å²) in [6, 6.07) is -0.0761. The summed E-state index contributed by atoms with van der Waals surface area (Å²) in [5.41, 5.74) is -11.9. The molecule has 61 heavy (non-hydrogen) atoms. The topological polar surface area (TPSA) is 149 Å². The van der Waals surface area contributed by atoms with E-state index in [1.807, 2.05) is 17.8 Å². The molecule has 3 aliphatic rings. The van der Waals surface area contributed by atoms with Crippen molar-refractivity contribution < 1.29 is 83.2 Å². The van der Waals surface area contributed by atoms with E-state index in [0.29, 0.717) is 0 Å². The van der Waals surface area contributed by atoms with Gasteiger partial charge in [0.25, 0.3) is 17.7 Å². The molecule has 3 atom stereocenters. The number of aliphatic hydroxyl groups is 3. The zero-order chi connectivity index (χ0) is 44.9. The molecule has 3 aromatic carbocycles. The molecule has 0 bridgehead atoms. The summed E-state index contributed by atoms with van der Waals surface area (Å²) in [6.45, 7) is -0.0917. The minimum absolute atomic E-state index is 0.0254. The van der Waals surface area contributed by atoms with Crippen molar-refractivity contribution in [1.82, 2.24) is 14.7 Å². The van der Waals surface area contributed by atoms with Gasteiger partial charge in [-0.1, -0.05) is 35.5 Å².